The van der Waals surface area contributed by atoms with Gasteiger partial charge in [0.05, 0.1) is 0 Å². The van der Waals surface area contributed by atoms with Gasteiger partial charge in [-0.05, 0) is 25.5 Å². The molecule has 1 saturated heterocycles. The van der Waals surface area contributed by atoms with Crippen LogP contribution in [0, 0.1) is 0 Å². The van der Waals surface area contributed by atoms with Crippen molar-refractivity contribution in [3.63, 3.8) is 0 Å². The summed E-state index contributed by atoms with van der Waals surface area (Å²) in [5.74, 6) is 2.18. The summed E-state index contributed by atoms with van der Waals surface area (Å²) in [6, 6.07) is 2.14. The SMILES string of the molecule is CN=C(NCc1ccn(C)c1)N1CCSC(C)(C)C1. The predicted molar refractivity (Wildman–Crippen MR) is 83.7 cm³/mol. The molecule has 5 heteroatoms. The second kappa shape index (κ2) is 5.90. The molecule has 1 aromatic rings. The van der Waals surface area contributed by atoms with Crippen molar-refractivity contribution in [2.75, 3.05) is 25.9 Å². The highest BCUT2D eigenvalue weighted by molar-refractivity contribution is 8.00. The van der Waals surface area contributed by atoms with Gasteiger partial charge in [-0.2, -0.15) is 11.8 Å². The maximum Gasteiger partial charge on any atom is 0.193 e. The predicted octanol–water partition coefficient (Wildman–Crippen LogP) is 1.93. The Bertz CT molecular complexity index is 450. The second-order valence-electron chi connectivity index (χ2n) is 5.62. The van der Waals surface area contributed by atoms with E-state index in [1.807, 2.05) is 25.9 Å². The third kappa shape index (κ3) is 3.93. The van der Waals surface area contributed by atoms with Gasteiger partial charge in [0.2, 0.25) is 0 Å². The molecule has 0 aromatic carbocycles. The van der Waals surface area contributed by atoms with Crippen LogP contribution in [0.2, 0.25) is 0 Å². The summed E-state index contributed by atoms with van der Waals surface area (Å²) in [5, 5.41) is 3.46. The molecular weight excluding hydrogens is 256 g/mol. The Morgan fingerprint density at radius 3 is 2.89 bits per heavy atom. The molecule has 4 nitrogen and oxygen atoms in total. The lowest BCUT2D eigenvalue weighted by Crippen LogP contribution is -2.50. The minimum Gasteiger partial charge on any atom is -0.357 e. The molecule has 0 saturated carbocycles. The number of nitrogens with zero attached hydrogens (tertiary/aromatic N) is 3. The number of hydrogen-bond acceptors (Lipinski definition) is 2. The van der Waals surface area contributed by atoms with Gasteiger partial charge in [-0.3, -0.25) is 4.99 Å². The van der Waals surface area contributed by atoms with E-state index in [-0.39, 0.29) is 0 Å². The first-order chi connectivity index (χ1) is 9.00. The van der Waals surface area contributed by atoms with Crippen LogP contribution in [-0.4, -0.2) is 46.1 Å². The largest absolute Gasteiger partial charge is 0.357 e. The zero-order valence-corrected chi connectivity index (χ0v) is 13.1. The lowest BCUT2D eigenvalue weighted by Gasteiger charge is -2.39. The average Bonchev–Trinajstić information content (AvgIpc) is 2.75. The third-order valence-electron chi connectivity index (χ3n) is 3.28. The van der Waals surface area contributed by atoms with Crippen molar-refractivity contribution in [2.45, 2.75) is 25.1 Å². The molecule has 0 spiro atoms. The number of nitrogens with one attached hydrogen (secondary N) is 1. The Hall–Kier alpha value is -1.10. The normalized spacial score (nSPS) is 19.6. The van der Waals surface area contributed by atoms with E-state index in [4.69, 9.17) is 0 Å². The minimum absolute atomic E-state index is 0.308. The molecule has 0 atom stereocenters. The second-order valence-corrected chi connectivity index (χ2v) is 7.42. The fourth-order valence-electron chi connectivity index (χ4n) is 2.38. The summed E-state index contributed by atoms with van der Waals surface area (Å²) in [7, 11) is 3.91. The number of rotatable bonds is 2. The summed E-state index contributed by atoms with van der Waals surface area (Å²) in [6.07, 6.45) is 4.21. The molecule has 2 rings (SSSR count). The quantitative estimate of drug-likeness (QED) is 0.664. The minimum atomic E-state index is 0.308. The van der Waals surface area contributed by atoms with Crippen molar-refractivity contribution in [1.82, 2.24) is 14.8 Å². The van der Waals surface area contributed by atoms with E-state index in [1.165, 1.54) is 11.3 Å². The van der Waals surface area contributed by atoms with E-state index in [1.54, 1.807) is 0 Å². The molecule has 0 unspecified atom stereocenters. The molecule has 1 N–H and O–H groups in total. The van der Waals surface area contributed by atoms with Crippen molar-refractivity contribution >= 4 is 17.7 Å². The Morgan fingerprint density at radius 1 is 1.53 bits per heavy atom. The van der Waals surface area contributed by atoms with Gasteiger partial charge < -0.3 is 14.8 Å². The summed E-state index contributed by atoms with van der Waals surface area (Å²) >= 11 is 2.04. The Labute approximate surface area is 120 Å². The van der Waals surface area contributed by atoms with Crippen LogP contribution in [0.1, 0.15) is 19.4 Å². The van der Waals surface area contributed by atoms with Crippen LogP contribution in [0.3, 0.4) is 0 Å². The number of guanidine groups is 1. The fraction of sp³-hybridized carbons (Fsp3) is 0.643. The highest BCUT2D eigenvalue weighted by Crippen LogP contribution is 2.29. The lowest BCUT2D eigenvalue weighted by molar-refractivity contribution is 0.375. The monoisotopic (exact) mass is 280 g/mol. The highest BCUT2D eigenvalue weighted by atomic mass is 32.2. The van der Waals surface area contributed by atoms with Crippen molar-refractivity contribution in [3.8, 4) is 0 Å². The number of thioether (sulfide) groups is 1. The maximum absolute atomic E-state index is 4.41. The number of aliphatic imine (C=N–C) groups is 1. The van der Waals surface area contributed by atoms with Crippen molar-refractivity contribution in [2.24, 2.45) is 12.0 Å². The van der Waals surface area contributed by atoms with Crippen LogP contribution in [0.15, 0.2) is 23.5 Å². The molecular formula is C14H24N4S. The van der Waals surface area contributed by atoms with Gasteiger partial charge in [-0.1, -0.05) is 0 Å². The molecule has 1 aliphatic rings. The van der Waals surface area contributed by atoms with E-state index < -0.39 is 0 Å². The van der Waals surface area contributed by atoms with Gasteiger partial charge in [-0.25, -0.2) is 0 Å². The van der Waals surface area contributed by atoms with Crippen LogP contribution < -0.4 is 5.32 Å². The maximum atomic E-state index is 4.41. The third-order valence-corrected chi connectivity index (χ3v) is 4.58. The van der Waals surface area contributed by atoms with E-state index in [0.29, 0.717) is 4.75 Å². The van der Waals surface area contributed by atoms with Crippen molar-refractivity contribution < 1.29 is 0 Å². The van der Waals surface area contributed by atoms with Gasteiger partial charge in [-0.15, -0.1) is 0 Å². The van der Waals surface area contributed by atoms with Crippen LogP contribution >= 0.6 is 11.8 Å². The van der Waals surface area contributed by atoms with Crippen molar-refractivity contribution in [1.29, 1.82) is 0 Å². The van der Waals surface area contributed by atoms with Crippen LogP contribution in [-0.2, 0) is 13.6 Å². The molecule has 2 heterocycles. The fourth-order valence-corrected chi connectivity index (χ4v) is 3.49. The number of hydrogen-bond donors (Lipinski definition) is 1. The van der Waals surface area contributed by atoms with Gasteiger partial charge in [0.1, 0.15) is 0 Å². The van der Waals surface area contributed by atoms with Crippen molar-refractivity contribution in [3.05, 3.63) is 24.0 Å². The summed E-state index contributed by atoms with van der Waals surface area (Å²) < 4.78 is 2.38. The summed E-state index contributed by atoms with van der Waals surface area (Å²) in [4.78, 5) is 6.78. The first-order valence-corrected chi connectivity index (χ1v) is 7.69. The van der Waals surface area contributed by atoms with E-state index in [0.717, 1.165) is 25.6 Å². The zero-order chi connectivity index (χ0) is 13.9. The van der Waals surface area contributed by atoms with Crippen LogP contribution in [0.4, 0.5) is 0 Å². The van der Waals surface area contributed by atoms with Gasteiger partial charge in [0.15, 0.2) is 5.96 Å². The first-order valence-electron chi connectivity index (χ1n) is 6.70. The zero-order valence-electron chi connectivity index (χ0n) is 12.3. The van der Waals surface area contributed by atoms with Crippen LogP contribution in [0.5, 0.6) is 0 Å². The molecule has 0 aliphatic carbocycles. The molecule has 1 aromatic heterocycles. The van der Waals surface area contributed by atoms with E-state index in [9.17, 15) is 0 Å². The van der Waals surface area contributed by atoms with Gasteiger partial charge in [0, 0.05) is 56.6 Å². The molecule has 0 amide bonds. The molecule has 106 valence electrons. The molecule has 1 aliphatic heterocycles. The van der Waals surface area contributed by atoms with E-state index in [2.05, 4.69) is 52.1 Å². The molecule has 0 bridgehead atoms. The van der Waals surface area contributed by atoms with E-state index >= 15 is 0 Å². The van der Waals surface area contributed by atoms with Gasteiger partial charge in [0.25, 0.3) is 0 Å². The molecule has 1 fully saturated rings. The number of aryl methyl sites for hydroxylation is 1. The Morgan fingerprint density at radius 2 is 2.32 bits per heavy atom. The lowest BCUT2D eigenvalue weighted by atomic mass is 10.2. The summed E-state index contributed by atoms with van der Waals surface area (Å²) in [6.45, 7) is 7.55. The molecule has 19 heavy (non-hydrogen) atoms. The average molecular weight is 280 g/mol. The topological polar surface area (TPSA) is 32.6 Å². The van der Waals surface area contributed by atoms with Gasteiger partial charge >= 0.3 is 0 Å². The standard InChI is InChI=1S/C14H24N4S/c1-14(2)11-18(7-8-19-14)13(15-3)16-9-12-5-6-17(4)10-12/h5-6,10H,7-9,11H2,1-4H3,(H,15,16). The number of aromatic nitrogens is 1. The smallest absolute Gasteiger partial charge is 0.193 e. The Kier molecular flexibility index (Phi) is 4.45. The first kappa shape index (κ1) is 14.3. The highest BCUT2D eigenvalue weighted by Gasteiger charge is 2.28. The Balaban J connectivity index is 1.93. The van der Waals surface area contributed by atoms with Crippen LogP contribution in [0.25, 0.3) is 0 Å². The summed E-state index contributed by atoms with van der Waals surface area (Å²) in [5.41, 5.74) is 1.29. The molecule has 0 radical (unpaired) electrons.